The first-order valence-electron chi connectivity index (χ1n) is 7.86. The van der Waals surface area contributed by atoms with Gasteiger partial charge in [0.05, 0.1) is 5.56 Å². The van der Waals surface area contributed by atoms with Crippen LogP contribution in [0.3, 0.4) is 0 Å². The van der Waals surface area contributed by atoms with Crippen molar-refractivity contribution in [2.24, 2.45) is 0 Å². The van der Waals surface area contributed by atoms with Crippen LogP contribution in [0.15, 0.2) is 66.7 Å². The van der Waals surface area contributed by atoms with E-state index in [9.17, 15) is 22.8 Å². The molecular weight excluding hydrogens is 357 g/mol. The maximum absolute atomic E-state index is 13.6. The van der Waals surface area contributed by atoms with E-state index in [0.29, 0.717) is 23.0 Å². The topological polar surface area (TPSA) is 58.2 Å². The van der Waals surface area contributed by atoms with Gasteiger partial charge in [-0.3, -0.25) is 9.59 Å². The number of carbonyl (C=O) groups is 2. The number of hydrogen-bond acceptors (Lipinski definition) is 2. The van der Waals surface area contributed by atoms with Crippen LogP contribution in [0.5, 0.6) is 0 Å². The molecular formula is C20H13F3N2O2. The Morgan fingerprint density at radius 2 is 1.15 bits per heavy atom. The Bertz CT molecular complexity index is 987. The molecule has 2 amide bonds. The van der Waals surface area contributed by atoms with Gasteiger partial charge in [-0.1, -0.05) is 0 Å². The Kier molecular flexibility index (Phi) is 5.21. The van der Waals surface area contributed by atoms with Crippen LogP contribution in [0.2, 0.25) is 0 Å². The molecule has 0 saturated heterocycles. The molecule has 0 aliphatic carbocycles. The number of carbonyl (C=O) groups excluding carboxylic acids is 2. The lowest BCUT2D eigenvalue weighted by molar-refractivity contribution is 0.101. The lowest BCUT2D eigenvalue weighted by Crippen LogP contribution is -2.14. The molecule has 0 atom stereocenters. The molecule has 3 aromatic rings. The normalized spacial score (nSPS) is 10.3. The van der Waals surface area contributed by atoms with Crippen molar-refractivity contribution in [2.75, 3.05) is 10.6 Å². The third kappa shape index (κ3) is 4.52. The zero-order chi connectivity index (χ0) is 19.4. The van der Waals surface area contributed by atoms with Crippen molar-refractivity contribution < 1.29 is 22.8 Å². The molecule has 3 rings (SSSR count). The van der Waals surface area contributed by atoms with Crippen LogP contribution >= 0.6 is 0 Å². The zero-order valence-corrected chi connectivity index (χ0v) is 13.8. The molecule has 0 radical (unpaired) electrons. The molecule has 0 spiro atoms. The number of benzene rings is 3. The van der Waals surface area contributed by atoms with E-state index in [1.54, 1.807) is 0 Å². The highest BCUT2D eigenvalue weighted by molar-refractivity contribution is 6.05. The van der Waals surface area contributed by atoms with E-state index in [0.717, 1.165) is 12.1 Å². The molecule has 0 saturated carbocycles. The van der Waals surface area contributed by atoms with Crippen LogP contribution in [-0.4, -0.2) is 11.8 Å². The highest BCUT2D eigenvalue weighted by Gasteiger charge is 2.13. The first-order chi connectivity index (χ1) is 12.9. The van der Waals surface area contributed by atoms with Crippen molar-refractivity contribution in [1.82, 2.24) is 0 Å². The third-order valence-corrected chi connectivity index (χ3v) is 3.68. The fourth-order valence-electron chi connectivity index (χ4n) is 2.31. The molecule has 0 unspecified atom stereocenters. The minimum Gasteiger partial charge on any atom is -0.322 e. The Labute approximate surface area is 152 Å². The summed E-state index contributed by atoms with van der Waals surface area (Å²) in [6.07, 6.45) is 0. The van der Waals surface area contributed by atoms with E-state index in [2.05, 4.69) is 10.6 Å². The highest BCUT2D eigenvalue weighted by atomic mass is 19.1. The van der Waals surface area contributed by atoms with Crippen LogP contribution in [0.25, 0.3) is 0 Å². The number of halogens is 3. The molecule has 4 nitrogen and oxygen atoms in total. The number of anilines is 2. The lowest BCUT2D eigenvalue weighted by atomic mass is 10.2. The summed E-state index contributed by atoms with van der Waals surface area (Å²) in [5.74, 6) is -3.32. The van der Waals surface area contributed by atoms with Crippen molar-refractivity contribution in [3.8, 4) is 0 Å². The van der Waals surface area contributed by atoms with Crippen molar-refractivity contribution >= 4 is 23.2 Å². The maximum Gasteiger partial charge on any atom is 0.258 e. The summed E-state index contributed by atoms with van der Waals surface area (Å²) < 4.78 is 39.4. The maximum atomic E-state index is 13.6. The molecule has 3 aromatic carbocycles. The van der Waals surface area contributed by atoms with Gasteiger partial charge in [0.1, 0.15) is 17.5 Å². The van der Waals surface area contributed by atoms with Gasteiger partial charge in [-0.05, 0) is 60.7 Å². The predicted molar refractivity (Wildman–Crippen MR) is 95.1 cm³/mol. The summed E-state index contributed by atoms with van der Waals surface area (Å²) in [7, 11) is 0. The predicted octanol–water partition coefficient (Wildman–Crippen LogP) is 4.61. The van der Waals surface area contributed by atoms with Crippen molar-refractivity contribution in [1.29, 1.82) is 0 Å². The van der Waals surface area contributed by atoms with Crippen LogP contribution in [0.4, 0.5) is 24.5 Å². The van der Waals surface area contributed by atoms with Crippen LogP contribution < -0.4 is 10.6 Å². The van der Waals surface area contributed by atoms with E-state index in [4.69, 9.17) is 0 Å². The molecule has 27 heavy (non-hydrogen) atoms. The highest BCUT2D eigenvalue weighted by Crippen LogP contribution is 2.17. The summed E-state index contributed by atoms with van der Waals surface area (Å²) in [5.41, 5.74) is 0.824. The monoisotopic (exact) mass is 370 g/mol. The zero-order valence-electron chi connectivity index (χ0n) is 13.8. The summed E-state index contributed by atoms with van der Waals surface area (Å²) >= 11 is 0. The van der Waals surface area contributed by atoms with Crippen molar-refractivity contribution in [3.05, 3.63) is 95.3 Å². The smallest absolute Gasteiger partial charge is 0.258 e. The second-order valence-corrected chi connectivity index (χ2v) is 5.62. The van der Waals surface area contributed by atoms with Gasteiger partial charge in [-0.25, -0.2) is 13.2 Å². The minimum atomic E-state index is -0.962. The fourth-order valence-corrected chi connectivity index (χ4v) is 2.31. The standard InChI is InChI=1S/C20H13F3N2O2/c21-13-3-1-12(2-4-13)19(26)24-15-6-8-16(9-7-15)25-20(27)17-10-5-14(22)11-18(17)23/h1-11H,(H,24,26)(H,25,27). The van der Waals surface area contributed by atoms with Crippen molar-refractivity contribution in [2.45, 2.75) is 0 Å². The quantitative estimate of drug-likeness (QED) is 0.705. The van der Waals surface area contributed by atoms with Crippen molar-refractivity contribution in [3.63, 3.8) is 0 Å². The van der Waals surface area contributed by atoms with E-state index in [1.165, 1.54) is 48.5 Å². The molecule has 0 aliphatic heterocycles. The summed E-state index contributed by atoms with van der Waals surface area (Å²) in [5, 5.41) is 5.11. The van der Waals surface area contributed by atoms with Gasteiger partial charge in [0.15, 0.2) is 0 Å². The summed E-state index contributed by atoms with van der Waals surface area (Å²) in [6, 6.07) is 13.9. The Balaban J connectivity index is 1.65. The van der Waals surface area contributed by atoms with Gasteiger partial charge in [0.25, 0.3) is 11.8 Å². The minimum absolute atomic E-state index is 0.287. The molecule has 0 aromatic heterocycles. The van der Waals surface area contributed by atoms with Gasteiger partial charge in [-0.2, -0.15) is 0 Å². The molecule has 0 heterocycles. The number of hydrogen-bond donors (Lipinski definition) is 2. The van der Waals surface area contributed by atoms with E-state index in [1.807, 2.05) is 0 Å². The Hall–Kier alpha value is -3.61. The summed E-state index contributed by atoms with van der Waals surface area (Å²) in [6.45, 7) is 0. The number of rotatable bonds is 4. The van der Waals surface area contributed by atoms with E-state index >= 15 is 0 Å². The lowest BCUT2D eigenvalue weighted by Gasteiger charge is -2.09. The second kappa shape index (κ2) is 7.74. The molecule has 7 heteroatoms. The molecule has 136 valence electrons. The van der Waals surface area contributed by atoms with Gasteiger partial charge >= 0.3 is 0 Å². The van der Waals surface area contributed by atoms with Gasteiger partial charge in [-0.15, -0.1) is 0 Å². The second-order valence-electron chi connectivity index (χ2n) is 5.62. The third-order valence-electron chi connectivity index (χ3n) is 3.68. The molecule has 2 N–H and O–H groups in total. The fraction of sp³-hybridized carbons (Fsp3) is 0. The number of nitrogens with one attached hydrogen (secondary N) is 2. The molecule has 0 aliphatic rings. The average Bonchev–Trinajstić information content (AvgIpc) is 2.63. The number of amides is 2. The average molecular weight is 370 g/mol. The Morgan fingerprint density at radius 3 is 1.70 bits per heavy atom. The van der Waals surface area contributed by atoms with Gasteiger partial charge < -0.3 is 10.6 Å². The van der Waals surface area contributed by atoms with Gasteiger partial charge in [0, 0.05) is 23.0 Å². The summed E-state index contributed by atoms with van der Waals surface area (Å²) in [4.78, 5) is 24.1. The Morgan fingerprint density at radius 1 is 0.630 bits per heavy atom. The largest absolute Gasteiger partial charge is 0.322 e. The first-order valence-corrected chi connectivity index (χ1v) is 7.86. The van der Waals surface area contributed by atoms with Crippen LogP contribution in [0, 0.1) is 17.5 Å². The SMILES string of the molecule is O=C(Nc1ccc(NC(=O)c2ccc(F)cc2F)cc1)c1ccc(F)cc1. The van der Waals surface area contributed by atoms with Crippen LogP contribution in [0.1, 0.15) is 20.7 Å². The van der Waals surface area contributed by atoms with Gasteiger partial charge in [0.2, 0.25) is 0 Å². The van der Waals surface area contributed by atoms with E-state index < -0.39 is 29.3 Å². The molecule has 0 bridgehead atoms. The van der Waals surface area contributed by atoms with Crippen LogP contribution in [-0.2, 0) is 0 Å². The van der Waals surface area contributed by atoms with E-state index in [-0.39, 0.29) is 5.56 Å². The first kappa shape index (κ1) is 18.2. The molecule has 0 fully saturated rings.